The van der Waals surface area contributed by atoms with Gasteiger partial charge in [-0.2, -0.15) is 0 Å². The van der Waals surface area contributed by atoms with Crippen molar-refractivity contribution in [3.8, 4) is 34.3 Å². The summed E-state index contributed by atoms with van der Waals surface area (Å²) < 4.78 is 32.7. The van der Waals surface area contributed by atoms with Crippen molar-refractivity contribution in [2.75, 3.05) is 27.4 Å². The molecule has 4 aromatic rings. The zero-order valence-electron chi connectivity index (χ0n) is 19.8. The number of aryl methyl sites for hydroxylation is 1. The summed E-state index contributed by atoms with van der Waals surface area (Å²) in [6, 6.07) is 12.9. The maximum atomic E-state index is 11.2. The highest BCUT2D eigenvalue weighted by molar-refractivity contribution is 5.60. The smallest absolute Gasteiger partial charge is 0.439 e. The lowest BCUT2D eigenvalue weighted by Crippen LogP contribution is -2.03. The van der Waals surface area contributed by atoms with Crippen LogP contribution in [-0.4, -0.2) is 42.6 Å². The fourth-order valence-electron chi connectivity index (χ4n) is 3.43. The summed E-state index contributed by atoms with van der Waals surface area (Å²) in [5, 5.41) is 3.73. The number of rotatable bonds is 12. The van der Waals surface area contributed by atoms with Gasteiger partial charge in [0.2, 0.25) is 5.89 Å². The topological polar surface area (TPSA) is 122 Å². The molecule has 0 saturated carbocycles. The zero-order chi connectivity index (χ0) is 24.6. The highest BCUT2D eigenvalue weighted by atomic mass is 16.5. The summed E-state index contributed by atoms with van der Waals surface area (Å²) in [6.45, 7) is 3.52. The Kier molecular flexibility index (Phi) is 7.96. The van der Waals surface area contributed by atoms with Gasteiger partial charge in [-0.15, -0.1) is 0 Å². The highest BCUT2D eigenvalue weighted by Crippen LogP contribution is 2.27. The molecular weight excluding hydrogens is 454 g/mol. The van der Waals surface area contributed by atoms with E-state index in [2.05, 4.69) is 19.6 Å². The van der Waals surface area contributed by atoms with Crippen molar-refractivity contribution in [2.24, 2.45) is 0 Å². The lowest BCUT2D eigenvalue weighted by atomic mass is 10.1. The number of methoxy groups -OCH3 is 2. The Balaban J connectivity index is 1.49. The van der Waals surface area contributed by atoms with Gasteiger partial charge in [0, 0.05) is 31.5 Å². The molecule has 0 amide bonds. The molecule has 2 aromatic carbocycles. The largest absolute Gasteiger partial charge is 0.497 e. The number of aromatic nitrogens is 3. The number of aromatic amines is 1. The summed E-state index contributed by atoms with van der Waals surface area (Å²) in [4.78, 5) is 18.4. The molecule has 1 N–H and O–H groups in total. The molecule has 184 valence electrons. The fourth-order valence-corrected chi connectivity index (χ4v) is 3.43. The molecule has 10 nitrogen and oxygen atoms in total. The first-order valence-corrected chi connectivity index (χ1v) is 11.1. The van der Waals surface area contributed by atoms with Crippen LogP contribution >= 0.6 is 0 Å². The van der Waals surface area contributed by atoms with Crippen molar-refractivity contribution in [3.63, 3.8) is 0 Å². The van der Waals surface area contributed by atoms with E-state index in [1.807, 2.05) is 37.3 Å². The summed E-state index contributed by atoms with van der Waals surface area (Å²) in [6.07, 6.45) is 0.786. The lowest BCUT2D eigenvalue weighted by Gasteiger charge is -2.08. The predicted molar refractivity (Wildman–Crippen MR) is 126 cm³/mol. The van der Waals surface area contributed by atoms with Gasteiger partial charge in [0.05, 0.1) is 13.7 Å². The van der Waals surface area contributed by atoms with Crippen LogP contribution in [0.1, 0.15) is 23.4 Å². The maximum Gasteiger partial charge on any atom is 0.439 e. The van der Waals surface area contributed by atoms with Crippen molar-refractivity contribution in [1.82, 2.24) is 15.1 Å². The molecule has 4 rings (SSSR count). The summed E-state index contributed by atoms with van der Waals surface area (Å²) >= 11 is 0. The van der Waals surface area contributed by atoms with E-state index in [1.54, 1.807) is 26.4 Å². The maximum absolute atomic E-state index is 11.2. The first-order valence-electron chi connectivity index (χ1n) is 11.1. The summed E-state index contributed by atoms with van der Waals surface area (Å²) in [5.41, 5.74) is 3.10. The van der Waals surface area contributed by atoms with E-state index in [1.165, 1.54) is 0 Å². The Morgan fingerprint density at radius 3 is 2.49 bits per heavy atom. The quantitative estimate of drug-likeness (QED) is 0.298. The number of H-pyrrole nitrogens is 1. The minimum Gasteiger partial charge on any atom is -0.497 e. The van der Waals surface area contributed by atoms with Gasteiger partial charge in [-0.05, 0) is 61.4 Å². The van der Waals surface area contributed by atoms with Gasteiger partial charge in [0.15, 0.2) is 11.6 Å². The molecule has 0 atom stereocenters. The second-order valence-corrected chi connectivity index (χ2v) is 7.73. The third-order valence-electron chi connectivity index (χ3n) is 5.25. The van der Waals surface area contributed by atoms with Crippen LogP contribution in [-0.2, 0) is 22.7 Å². The van der Waals surface area contributed by atoms with E-state index < -0.39 is 5.76 Å². The first kappa shape index (κ1) is 24.2. The summed E-state index contributed by atoms with van der Waals surface area (Å²) in [7, 11) is 3.28. The molecule has 0 radical (unpaired) electrons. The average Bonchev–Trinajstić information content (AvgIpc) is 3.49. The molecule has 0 aliphatic carbocycles. The van der Waals surface area contributed by atoms with Crippen LogP contribution in [0.4, 0.5) is 0 Å². The van der Waals surface area contributed by atoms with Crippen molar-refractivity contribution in [2.45, 2.75) is 26.6 Å². The van der Waals surface area contributed by atoms with Gasteiger partial charge in [-0.25, -0.2) is 9.78 Å². The van der Waals surface area contributed by atoms with E-state index in [0.29, 0.717) is 48.7 Å². The molecule has 10 heteroatoms. The van der Waals surface area contributed by atoms with Crippen LogP contribution in [0.5, 0.6) is 11.5 Å². The Hall–Kier alpha value is -3.89. The molecule has 0 saturated heterocycles. The number of hydrogen-bond donors (Lipinski definition) is 1. The SMILES string of the molecule is COCCCOCc1nc(-c2ccc(OC)cc2)oc1COc1ccc(-c2noc(=O)[nH]2)c(C)c1. The standard InChI is InChI=1S/C25H27N3O7/c1-16-13-19(9-10-20(16)23-27-25(29)35-28-23)33-15-22-21(14-32-12-4-11-30-2)26-24(34-22)17-5-7-18(31-3)8-6-17/h5-10,13H,4,11-12,14-15H2,1-3H3,(H,27,28,29). The van der Waals surface area contributed by atoms with Gasteiger partial charge in [0.1, 0.15) is 23.8 Å². The highest BCUT2D eigenvalue weighted by Gasteiger charge is 2.17. The number of nitrogens with zero attached hydrogens (tertiary/aromatic N) is 2. The lowest BCUT2D eigenvalue weighted by molar-refractivity contribution is 0.0896. The van der Waals surface area contributed by atoms with E-state index in [9.17, 15) is 4.79 Å². The molecular formula is C25H27N3O7. The molecule has 0 fully saturated rings. The second kappa shape index (κ2) is 11.5. The molecule has 0 bridgehead atoms. The Labute approximate surface area is 201 Å². The van der Waals surface area contributed by atoms with Crippen molar-refractivity contribution < 1.29 is 27.9 Å². The summed E-state index contributed by atoms with van der Waals surface area (Å²) in [5.74, 6) is 2.19. The van der Waals surface area contributed by atoms with Crippen LogP contribution in [0.15, 0.2) is 56.2 Å². The number of nitrogens with one attached hydrogen (secondary N) is 1. The fraction of sp³-hybridized carbons (Fsp3) is 0.320. The molecule has 2 aromatic heterocycles. The van der Waals surface area contributed by atoms with Gasteiger partial charge < -0.3 is 23.4 Å². The molecule has 35 heavy (non-hydrogen) atoms. The van der Waals surface area contributed by atoms with E-state index in [4.69, 9.17) is 23.4 Å². The Morgan fingerprint density at radius 1 is 1.00 bits per heavy atom. The van der Waals surface area contributed by atoms with Gasteiger partial charge in [-0.1, -0.05) is 5.16 Å². The molecule has 0 aliphatic rings. The van der Waals surface area contributed by atoms with Crippen LogP contribution in [0.25, 0.3) is 22.8 Å². The normalized spacial score (nSPS) is 11.1. The minimum atomic E-state index is -0.602. The van der Waals surface area contributed by atoms with Crippen LogP contribution < -0.4 is 15.2 Å². The van der Waals surface area contributed by atoms with Crippen molar-refractivity contribution in [3.05, 3.63) is 70.0 Å². The Bertz CT molecular complexity index is 1290. The number of hydrogen-bond acceptors (Lipinski definition) is 9. The van der Waals surface area contributed by atoms with Crippen LogP contribution in [0, 0.1) is 6.92 Å². The van der Waals surface area contributed by atoms with Crippen LogP contribution in [0.3, 0.4) is 0 Å². The minimum absolute atomic E-state index is 0.166. The predicted octanol–water partition coefficient (Wildman–Crippen LogP) is 4.13. The number of ether oxygens (including phenoxy) is 4. The average molecular weight is 482 g/mol. The molecule has 0 spiro atoms. The van der Waals surface area contributed by atoms with Gasteiger partial charge in [-0.3, -0.25) is 9.51 Å². The van der Waals surface area contributed by atoms with Crippen molar-refractivity contribution >= 4 is 0 Å². The van der Waals surface area contributed by atoms with Gasteiger partial charge >= 0.3 is 5.76 Å². The zero-order valence-corrected chi connectivity index (χ0v) is 19.8. The third-order valence-corrected chi connectivity index (χ3v) is 5.25. The molecule has 2 heterocycles. The number of benzene rings is 2. The van der Waals surface area contributed by atoms with Crippen molar-refractivity contribution in [1.29, 1.82) is 0 Å². The molecule has 0 aliphatic heterocycles. The number of oxazole rings is 1. The third kappa shape index (κ3) is 6.17. The van der Waals surface area contributed by atoms with E-state index in [0.717, 1.165) is 28.9 Å². The van der Waals surface area contributed by atoms with Crippen LogP contribution in [0.2, 0.25) is 0 Å². The molecule has 0 unspecified atom stereocenters. The monoisotopic (exact) mass is 481 g/mol. The van der Waals surface area contributed by atoms with E-state index >= 15 is 0 Å². The Morgan fingerprint density at radius 2 is 1.80 bits per heavy atom. The first-order chi connectivity index (χ1) is 17.1. The van der Waals surface area contributed by atoms with E-state index in [-0.39, 0.29) is 6.61 Å². The van der Waals surface area contributed by atoms with Gasteiger partial charge in [0.25, 0.3) is 0 Å². The second-order valence-electron chi connectivity index (χ2n) is 7.73.